The van der Waals surface area contributed by atoms with Gasteiger partial charge in [-0.05, 0) is 93.8 Å². The summed E-state index contributed by atoms with van der Waals surface area (Å²) >= 11 is 6.17. The van der Waals surface area contributed by atoms with Crippen LogP contribution in [0.4, 0.5) is 0 Å². The van der Waals surface area contributed by atoms with E-state index in [1.165, 1.54) is 29.6 Å². The number of amides is 2. The lowest BCUT2D eigenvalue weighted by Gasteiger charge is -2.32. The van der Waals surface area contributed by atoms with Gasteiger partial charge in [0.15, 0.2) is 0 Å². The van der Waals surface area contributed by atoms with Gasteiger partial charge in [0.25, 0.3) is 10.0 Å². The van der Waals surface area contributed by atoms with Crippen LogP contribution in [0.1, 0.15) is 73.9 Å². The summed E-state index contributed by atoms with van der Waals surface area (Å²) in [6.07, 6.45) is 4.90. The molecule has 4 rings (SSSR count). The zero-order chi connectivity index (χ0) is 28.5. The van der Waals surface area contributed by atoms with Crippen molar-refractivity contribution >= 4 is 33.4 Å². The van der Waals surface area contributed by atoms with Crippen molar-refractivity contribution in [3.63, 3.8) is 0 Å². The van der Waals surface area contributed by atoms with Crippen LogP contribution in [0.2, 0.25) is 5.02 Å². The Bertz CT molecular complexity index is 1420. The van der Waals surface area contributed by atoms with Crippen molar-refractivity contribution in [2.75, 3.05) is 0 Å². The van der Waals surface area contributed by atoms with Crippen molar-refractivity contribution in [2.45, 2.75) is 89.4 Å². The average molecular weight is 573 g/mol. The molecule has 2 atom stereocenters. The van der Waals surface area contributed by atoms with E-state index in [1.54, 1.807) is 19.9 Å². The van der Waals surface area contributed by atoms with E-state index in [9.17, 15) is 18.0 Å². The molecule has 1 aliphatic heterocycles. The predicted molar refractivity (Wildman–Crippen MR) is 152 cm³/mol. The number of halogens is 1. The maximum absolute atomic E-state index is 13.6. The number of fused-ring (bicyclic) bond motifs is 1. The van der Waals surface area contributed by atoms with Crippen LogP contribution in [0.25, 0.3) is 0 Å². The van der Waals surface area contributed by atoms with Gasteiger partial charge in [0.05, 0.1) is 17.4 Å². The molecule has 1 aliphatic carbocycles. The van der Waals surface area contributed by atoms with Crippen molar-refractivity contribution in [2.24, 2.45) is 0 Å². The smallest absolute Gasteiger partial charge is 0.264 e. The average Bonchev–Trinajstić information content (AvgIpc) is 2.85. The molecule has 39 heavy (non-hydrogen) atoms. The standard InChI is InChI=1S/C29H37ClN4O4S/c1-18-14-26(19(2)13-23(18)30)39(37,38)34-12-11-31-28(36)25(34)16-27(35)33-24-8-6-7-21-15-20(9-10-22(21)24)17-32-29(3,4)5/h9-15,24-25,32H,6-8,16-17H2,1-5H3,(H,31,36)(H,33,35)/t24-,25-/m1/s1. The third-order valence-electron chi connectivity index (χ3n) is 7.13. The second-order valence-corrected chi connectivity index (χ2v) is 13.6. The van der Waals surface area contributed by atoms with Gasteiger partial charge in [-0.3, -0.25) is 13.9 Å². The number of nitrogens with one attached hydrogen (secondary N) is 3. The van der Waals surface area contributed by atoms with E-state index in [0.29, 0.717) is 16.1 Å². The third kappa shape index (κ3) is 6.65. The summed E-state index contributed by atoms with van der Waals surface area (Å²) in [4.78, 5) is 26.1. The Hall–Kier alpha value is -2.88. The summed E-state index contributed by atoms with van der Waals surface area (Å²) in [7, 11) is -4.12. The fraction of sp³-hybridized carbons (Fsp3) is 0.448. The maximum atomic E-state index is 13.6. The number of carbonyl (C=O) groups is 2. The van der Waals surface area contributed by atoms with Gasteiger partial charge < -0.3 is 16.0 Å². The normalized spacial score (nSPS) is 19.4. The number of hydrogen-bond acceptors (Lipinski definition) is 5. The van der Waals surface area contributed by atoms with E-state index < -0.39 is 22.0 Å². The van der Waals surface area contributed by atoms with E-state index >= 15 is 0 Å². The fourth-order valence-electron chi connectivity index (χ4n) is 5.01. The molecule has 210 valence electrons. The molecule has 2 aromatic rings. The largest absolute Gasteiger partial charge is 0.349 e. The molecule has 0 saturated heterocycles. The SMILES string of the molecule is Cc1cc(S(=O)(=O)N2C=CNC(=O)[C@H]2CC(=O)N[C@@H]2CCCc3cc(CNC(C)(C)C)ccc32)c(C)cc1Cl. The Balaban J connectivity index is 1.51. The van der Waals surface area contributed by atoms with E-state index in [2.05, 4.69) is 54.9 Å². The summed E-state index contributed by atoms with van der Waals surface area (Å²) in [5.41, 5.74) is 4.54. The van der Waals surface area contributed by atoms with Crippen molar-refractivity contribution < 1.29 is 18.0 Å². The molecule has 0 aromatic heterocycles. The predicted octanol–water partition coefficient (Wildman–Crippen LogP) is 4.39. The highest BCUT2D eigenvalue weighted by molar-refractivity contribution is 7.89. The number of carbonyl (C=O) groups excluding carboxylic acids is 2. The number of rotatable bonds is 7. The molecule has 0 spiro atoms. The summed E-state index contributed by atoms with van der Waals surface area (Å²) in [6.45, 7) is 10.5. The fourth-order valence-corrected chi connectivity index (χ4v) is 6.97. The first-order chi connectivity index (χ1) is 18.3. The zero-order valence-electron chi connectivity index (χ0n) is 23.1. The van der Waals surface area contributed by atoms with Gasteiger partial charge in [-0.25, -0.2) is 8.42 Å². The molecule has 0 bridgehead atoms. The second kappa shape index (κ2) is 11.3. The van der Waals surface area contributed by atoms with Crippen LogP contribution in [0.15, 0.2) is 47.6 Å². The molecule has 0 saturated carbocycles. The van der Waals surface area contributed by atoms with Crippen molar-refractivity contribution in [3.8, 4) is 0 Å². The summed E-state index contributed by atoms with van der Waals surface area (Å²) in [6, 6.07) is 8.00. The molecule has 3 N–H and O–H groups in total. The van der Waals surface area contributed by atoms with Crippen LogP contribution in [0.3, 0.4) is 0 Å². The summed E-state index contributed by atoms with van der Waals surface area (Å²) in [5.74, 6) is -0.939. The highest BCUT2D eigenvalue weighted by Crippen LogP contribution is 2.32. The molecule has 2 aromatic carbocycles. The van der Waals surface area contributed by atoms with Crippen molar-refractivity contribution in [1.82, 2.24) is 20.3 Å². The first-order valence-electron chi connectivity index (χ1n) is 13.2. The third-order valence-corrected chi connectivity index (χ3v) is 9.46. The molecule has 2 amide bonds. The van der Waals surface area contributed by atoms with Crippen LogP contribution in [0, 0.1) is 13.8 Å². The van der Waals surface area contributed by atoms with E-state index in [-0.39, 0.29) is 28.8 Å². The lowest BCUT2D eigenvalue weighted by Crippen LogP contribution is -2.51. The Morgan fingerprint density at radius 1 is 1.15 bits per heavy atom. The highest BCUT2D eigenvalue weighted by Gasteiger charge is 2.38. The molecular weight excluding hydrogens is 536 g/mol. The van der Waals surface area contributed by atoms with Crippen molar-refractivity contribution in [1.29, 1.82) is 0 Å². The minimum atomic E-state index is -4.12. The van der Waals surface area contributed by atoms with E-state index in [4.69, 9.17) is 11.6 Å². The zero-order valence-corrected chi connectivity index (χ0v) is 24.7. The van der Waals surface area contributed by atoms with Gasteiger partial charge >= 0.3 is 0 Å². The van der Waals surface area contributed by atoms with Crippen LogP contribution < -0.4 is 16.0 Å². The number of benzene rings is 2. The van der Waals surface area contributed by atoms with E-state index in [1.807, 2.05) is 0 Å². The van der Waals surface area contributed by atoms with Crippen LogP contribution in [-0.4, -0.2) is 36.1 Å². The molecule has 1 heterocycles. The molecule has 0 radical (unpaired) electrons. The summed E-state index contributed by atoms with van der Waals surface area (Å²) < 4.78 is 28.2. The van der Waals surface area contributed by atoms with Crippen LogP contribution >= 0.6 is 11.6 Å². The van der Waals surface area contributed by atoms with Crippen LogP contribution in [0.5, 0.6) is 0 Å². The molecule has 10 heteroatoms. The number of sulfonamides is 1. The molecule has 8 nitrogen and oxygen atoms in total. The Kier molecular flexibility index (Phi) is 8.44. The van der Waals surface area contributed by atoms with Gasteiger partial charge in [0.2, 0.25) is 11.8 Å². The lowest BCUT2D eigenvalue weighted by atomic mass is 9.86. The highest BCUT2D eigenvalue weighted by atomic mass is 35.5. The molecule has 0 unspecified atom stereocenters. The first kappa shape index (κ1) is 29.1. The summed E-state index contributed by atoms with van der Waals surface area (Å²) in [5, 5.41) is 9.56. The number of hydrogen-bond donors (Lipinski definition) is 3. The molecule has 0 fully saturated rings. The van der Waals surface area contributed by atoms with Crippen molar-refractivity contribution in [3.05, 3.63) is 75.6 Å². The Morgan fingerprint density at radius 2 is 1.90 bits per heavy atom. The van der Waals surface area contributed by atoms with Gasteiger partial charge in [0, 0.05) is 29.5 Å². The molecular formula is C29H37ClN4O4S. The second-order valence-electron chi connectivity index (χ2n) is 11.4. The topological polar surface area (TPSA) is 108 Å². The number of nitrogens with zero attached hydrogens (tertiary/aromatic N) is 1. The first-order valence-corrected chi connectivity index (χ1v) is 15.0. The Labute approximate surface area is 236 Å². The van der Waals surface area contributed by atoms with Gasteiger partial charge in [-0.15, -0.1) is 0 Å². The quantitative estimate of drug-likeness (QED) is 0.456. The van der Waals surface area contributed by atoms with Gasteiger partial charge in [-0.2, -0.15) is 0 Å². The van der Waals surface area contributed by atoms with Gasteiger partial charge in [-0.1, -0.05) is 29.8 Å². The van der Waals surface area contributed by atoms with Gasteiger partial charge in [0.1, 0.15) is 6.04 Å². The minimum Gasteiger partial charge on any atom is -0.349 e. The molecule has 2 aliphatic rings. The lowest BCUT2D eigenvalue weighted by molar-refractivity contribution is -0.129. The van der Waals surface area contributed by atoms with E-state index in [0.717, 1.165) is 35.7 Å². The maximum Gasteiger partial charge on any atom is 0.264 e. The van der Waals surface area contributed by atoms with Crippen LogP contribution in [-0.2, 0) is 32.6 Å². The monoisotopic (exact) mass is 572 g/mol. The Morgan fingerprint density at radius 3 is 2.62 bits per heavy atom. The minimum absolute atomic E-state index is 0.0134. The number of aryl methyl sites for hydroxylation is 3.